The fourth-order valence-corrected chi connectivity index (χ4v) is 3.64. The minimum absolute atomic E-state index is 0.210. The van der Waals surface area contributed by atoms with E-state index in [4.69, 9.17) is 23.2 Å². The first-order valence-electron chi connectivity index (χ1n) is 6.42. The van der Waals surface area contributed by atoms with Crippen molar-refractivity contribution in [3.8, 4) is 11.1 Å². The zero-order valence-electron chi connectivity index (χ0n) is 10.9. The van der Waals surface area contributed by atoms with E-state index in [0.29, 0.717) is 26.9 Å². The predicted molar refractivity (Wildman–Crippen MR) is 81.7 cm³/mol. The smallest absolute Gasteiger partial charge is 0.324 e. The molecule has 0 radical (unpaired) electrons. The Bertz CT molecular complexity index is 717. The van der Waals surface area contributed by atoms with Crippen molar-refractivity contribution in [1.29, 1.82) is 0 Å². The molecule has 0 unspecified atom stereocenters. The second-order valence-corrected chi connectivity index (χ2v) is 7.56. The van der Waals surface area contributed by atoms with Gasteiger partial charge in [-0.2, -0.15) is 5.10 Å². The lowest BCUT2D eigenvalue weighted by molar-refractivity contribution is 0.369. The van der Waals surface area contributed by atoms with Crippen molar-refractivity contribution in [2.24, 2.45) is 0 Å². The largest absolute Gasteiger partial charge is 0.331 e. The van der Waals surface area contributed by atoms with Gasteiger partial charge in [0.05, 0.1) is 34.1 Å². The van der Waals surface area contributed by atoms with Crippen LogP contribution in [0.2, 0.25) is 10.0 Å². The molecule has 1 fully saturated rings. The first-order chi connectivity index (χ1) is 9.87. The molecule has 1 aliphatic rings. The summed E-state index contributed by atoms with van der Waals surface area (Å²) in [6, 6.07) is 5.32. The molecule has 1 saturated carbocycles. The molecule has 112 valence electrons. The maximum absolute atomic E-state index is 11.4. The maximum Gasteiger partial charge on any atom is 0.331 e. The third-order valence-electron chi connectivity index (χ3n) is 3.38. The molecule has 2 N–H and O–H groups in total. The van der Waals surface area contributed by atoms with E-state index in [1.165, 1.54) is 0 Å². The molecular weight excluding hydrogens is 334 g/mol. The highest BCUT2D eigenvalue weighted by Gasteiger charge is 2.31. The van der Waals surface area contributed by atoms with Crippen molar-refractivity contribution in [2.45, 2.75) is 25.0 Å². The summed E-state index contributed by atoms with van der Waals surface area (Å²) in [5.41, 5.74) is 1.64. The van der Waals surface area contributed by atoms with Crippen molar-refractivity contribution in [3.05, 3.63) is 40.1 Å². The van der Waals surface area contributed by atoms with E-state index in [9.17, 15) is 14.4 Å². The van der Waals surface area contributed by atoms with E-state index in [-0.39, 0.29) is 12.2 Å². The summed E-state index contributed by atoms with van der Waals surface area (Å²) in [6.07, 6.45) is 3.13. The van der Waals surface area contributed by atoms with Crippen molar-refractivity contribution >= 4 is 30.8 Å². The molecule has 0 aliphatic heterocycles. The number of hydrogen-bond donors (Lipinski definition) is 2. The zero-order chi connectivity index (χ0) is 15.2. The van der Waals surface area contributed by atoms with Crippen LogP contribution in [-0.4, -0.2) is 19.6 Å². The average Bonchev–Trinajstić information content (AvgIpc) is 3.12. The zero-order valence-corrected chi connectivity index (χ0v) is 13.3. The van der Waals surface area contributed by atoms with Crippen LogP contribution in [0.4, 0.5) is 0 Å². The van der Waals surface area contributed by atoms with Crippen LogP contribution in [-0.2, 0) is 10.7 Å². The van der Waals surface area contributed by atoms with Crippen LogP contribution in [0.25, 0.3) is 11.1 Å². The molecule has 0 saturated heterocycles. The lowest BCUT2D eigenvalue weighted by Crippen LogP contribution is -2.04. The van der Waals surface area contributed by atoms with Crippen LogP contribution in [0.5, 0.6) is 0 Å². The third-order valence-corrected chi connectivity index (χ3v) is 4.72. The molecular formula is C13H13Cl2N2O3P. The van der Waals surface area contributed by atoms with Gasteiger partial charge in [0, 0.05) is 11.1 Å². The third kappa shape index (κ3) is 3.17. The number of rotatable bonds is 4. The lowest BCUT2D eigenvalue weighted by atomic mass is 10.1. The van der Waals surface area contributed by atoms with Gasteiger partial charge in [-0.05, 0) is 25.0 Å². The Morgan fingerprint density at radius 3 is 2.43 bits per heavy atom. The number of aromatic nitrogens is 2. The van der Waals surface area contributed by atoms with E-state index in [1.807, 2.05) is 0 Å². The summed E-state index contributed by atoms with van der Waals surface area (Å²) in [7, 11) is -4.22. The highest BCUT2D eigenvalue weighted by molar-refractivity contribution is 7.50. The number of nitrogens with zero attached hydrogens (tertiary/aromatic N) is 2. The van der Waals surface area contributed by atoms with Gasteiger partial charge in [0.1, 0.15) is 0 Å². The summed E-state index contributed by atoms with van der Waals surface area (Å²) in [5.74, 6) is 0. The Morgan fingerprint density at radius 2 is 1.90 bits per heavy atom. The average molecular weight is 347 g/mol. The van der Waals surface area contributed by atoms with Crippen molar-refractivity contribution in [2.75, 3.05) is 0 Å². The van der Waals surface area contributed by atoms with E-state index >= 15 is 0 Å². The van der Waals surface area contributed by atoms with Crippen LogP contribution in [0, 0.1) is 0 Å². The maximum atomic E-state index is 11.4. The number of hydrogen-bond acceptors (Lipinski definition) is 2. The first-order valence-corrected chi connectivity index (χ1v) is 8.97. The van der Waals surface area contributed by atoms with Gasteiger partial charge in [0.25, 0.3) is 0 Å². The molecule has 1 aliphatic carbocycles. The minimum Gasteiger partial charge on any atom is -0.324 e. The molecule has 21 heavy (non-hydrogen) atoms. The molecule has 5 nitrogen and oxygen atoms in total. The molecule has 0 amide bonds. The molecule has 1 aromatic heterocycles. The summed E-state index contributed by atoms with van der Waals surface area (Å²) < 4.78 is 13.1. The van der Waals surface area contributed by atoms with Gasteiger partial charge >= 0.3 is 7.60 Å². The second-order valence-electron chi connectivity index (χ2n) is 5.10. The Kier molecular flexibility index (Phi) is 3.89. The van der Waals surface area contributed by atoms with E-state index in [0.717, 1.165) is 12.8 Å². The van der Waals surface area contributed by atoms with E-state index in [2.05, 4.69) is 5.10 Å². The highest BCUT2D eigenvalue weighted by atomic mass is 35.5. The van der Waals surface area contributed by atoms with Gasteiger partial charge in [-0.1, -0.05) is 29.3 Å². The van der Waals surface area contributed by atoms with Crippen LogP contribution >= 0.6 is 30.8 Å². The van der Waals surface area contributed by atoms with E-state index in [1.54, 1.807) is 29.1 Å². The molecule has 3 rings (SSSR count). The van der Waals surface area contributed by atoms with Crippen molar-refractivity contribution in [1.82, 2.24) is 9.78 Å². The van der Waals surface area contributed by atoms with Gasteiger partial charge in [0.15, 0.2) is 0 Å². The van der Waals surface area contributed by atoms with E-state index < -0.39 is 7.60 Å². The van der Waals surface area contributed by atoms with Gasteiger partial charge in [-0.3, -0.25) is 9.25 Å². The minimum atomic E-state index is -4.22. The summed E-state index contributed by atoms with van der Waals surface area (Å²) in [4.78, 5) is 18.7. The molecule has 0 atom stereocenters. The molecule has 1 aromatic carbocycles. The number of halogens is 2. The predicted octanol–water partition coefficient (Wildman–Crippen LogP) is 3.87. The Morgan fingerprint density at radius 1 is 1.29 bits per heavy atom. The quantitative estimate of drug-likeness (QED) is 0.824. The van der Waals surface area contributed by atoms with Crippen molar-refractivity contribution < 1.29 is 14.4 Å². The molecule has 0 bridgehead atoms. The van der Waals surface area contributed by atoms with Gasteiger partial charge < -0.3 is 9.79 Å². The first kappa shape index (κ1) is 15.1. The topological polar surface area (TPSA) is 75.3 Å². The Labute approximate surface area is 131 Å². The van der Waals surface area contributed by atoms with Crippen LogP contribution in [0.15, 0.2) is 24.4 Å². The fourth-order valence-electron chi connectivity index (χ4n) is 2.34. The SMILES string of the molecule is O=P(O)(O)Cc1c(-c2c(Cl)cccc2Cl)cnn1C1CC1. The van der Waals surface area contributed by atoms with Crippen LogP contribution in [0.1, 0.15) is 24.6 Å². The number of benzene rings is 1. The monoisotopic (exact) mass is 346 g/mol. The summed E-state index contributed by atoms with van der Waals surface area (Å²) in [5, 5.41) is 5.15. The molecule has 1 heterocycles. The Hall–Kier alpha value is -0.840. The summed E-state index contributed by atoms with van der Waals surface area (Å²) >= 11 is 12.4. The Balaban J connectivity index is 2.16. The van der Waals surface area contributed by atoms with Crippen LogP contribution < -0.4 is 0 Å². The van der Waals surface area contributed by atoms with Gasteiger partial charge in [-0.15, -0.1) is 0 Å². The summed E-state index contributed by atoms with van der Waals surface area (Å²) in [6.45, 7) is 0. The normalized spacial score (nSPS) is 15.4. The van der Waals surface area contributed by atoms with Crippen molar-refractivity contribution in [3.63, 3.8) is 0 Å². The highest BCUT2D eigenvalue weighted by Crippen LogP contribution is 2.47. The fraction of sp³-hybridized carbons (Fsp3) is 0.308. The van der Waals surface area contributed by atoms with Crippen LogP contribution in [0.3, 0.4) is 0 Å². The molecule has 8 heteroatoms. The van der Waals surface area contributed by atoms with Gasteiger partial charge in [-0.25, -0.2) is 0 Å². The molecule has 2 aromatic rings. The van der Waals surface area contributed by atoms with Gasteiger partial charge in [0.2, 0.25) is 0 Å². The second kappa shape index (κ2) is 5.41. The standard InChI is InChI=1S/C13H13Cl2N2O3P/c14-10-2-1-3-11(15)13(10)9-6-16-17(8-4-5-8)12(9)7-21(18,19)20/h1-3,6,8H,4-5,7H2,(H2,18,19,20). The molecule has 0 spiro atoms. The lowest BCUT2D eigenvalue weighted by Gasteiger charge is -2.12.